The molecule has 0 fully saturated rings. The van der Waals surface area contributed by atoms with E-state index in [0.29, 0.717) is 18.8 Å². The van der Waals surface area contributed by atoms with Gasteiger partial charge in [-0.2, -0.15) is 0 Å². The number of benzene rings is 1. The van der Waals surface area contributed by atoms with Gasteiger partial charge in [-0.15, -0.1) is 0 Å². The van der Waals surface area contributed by atoms with E-state index in [2.05, 4.69) is 10.6 Å². The molecule has 2 amide bonds. The first-order chi connectivity index (χ1) is 10.6. The van der Waals surface area contributed by atoms with Crippen molar-refractivity contribution in [3.05, 3.63) is 52.8 Å². The minimum Gasteiger partial charge on any atom is -0.494 e. The number of anilines is 1. The Hall–Kier alpha value is -3.03. The average Bonchev–Trinajstić information content (AvgIpc) is 3.00. The van der Waals surface area contributed by atoms with Gasteiger partial charge in [0.15, 0.2) is 0 Å². The summed E-state index contributed by atoms with van der Waals surface area (Å²) in [6.45, 7) is 1.10. The van der Waals surface area contributed by atoms with Gasteiger partial charge >= 0.3 is 6.03 Å². The van der Waals surface area contributed by atoms with E-state index < -0.39 is 11.0 Å². The number of nitro groups is 1. The van der Waals surface area contributed by atoms with Crippen LogP contribution in [0.2, 0.25) is 0 Å². The van der Waals surface area contributed by atoms with Gasteiger partial charge < -0.3 is 19.9 Å². The van der Waals surface area contributed by atoms with Gasteiger partial charge in [0.1, 0.15) is 5.75 Å². The molecule has 8 nitrogen and oxygen atoms in total. The molecule has 1 aromatic carbocycles. The minimum absolute atomic E-state index is 0.101. The van der Waals surface area contributed by atoms with E-state index in [1.807, 2.05) is 29.1 Å². The molecular weight excluding hydrogens is 288 g/mol. The number of nitrogens with zero attached hydrogens (tertiary/aromatic N) is 2. The third-order valence-corrected chi connectivity index (χ3v) is 2.97. The number of ether oxygens (including phenoxy) is 1. The zero-order valence-corrected chi connectivity index (χ0v) is 12.0. The van der Waals surface area contributed by atoms with E-state index in [0.717, 1.165) is 0 Å². The smallest absolute Gasteiger partial charge is 0.319 e. The molecule has 22 heavy (non-hydrogen) atoms. The fourth-order valence-electron chi connectivity index (χ4n) is 1.88. The van der Waals surface area contributed by atoms with Gasteiger partial charge in [-0.05, 0) is 18.2 Å². The first kappa shape index (κ1) is 15.4. The molecule has 1 heterocycles. The zero-order chi connectivity index (χ0) is 15.9. The lowest BCUT2D eigenvalue weighted by molar-refractivity contribution is -0.384. The molecule has 0 bridgehead atoms. The third-order valence-electron chi connectivity index (χ3n) is 2.97. The molecule has 2 rings (SSSR count). The van der Waals surface area contributed by atoms with Crippen LogP contribution in [0, 0.1) is 10.1 Å². The highest BCUT2D eigenvalue weighted by molar-refractivity contribution is 5.91. The van der Waals surface area contributed by atoms with Crippen LogP contribution >= 0.6 is 0 Å². The molecule has 0 atom stereocenters. The Morgan fingerprint density at radius 2 is 2.09 bits per heavy atom. The first-order valence-electron chi connectivity index (χ1n) is 6.58. The predicted octanol–water partition coefficient (Wildman–Crippen LogP) is 2.23. The maximum Gasteiger partial charge on any atom is 0.319 e. The van der Waals surface area contributed by atoms with Gasteiger partial charge in [0.05, 0.1) is 23.8 Å². The van der Waals surface area contributed by atoms with Crippen LogP contribution in [0.3, 0.4) is 0 Å². The van der Waals surface area contributed by atoms with Crippen LogP contribution in [0.1, 0.15) is 0 Å². The summed E-state index contributed by atoms with van der Waals surface area (Å²) < 4.78 is 6.99. The molecule has 0 spiro atoms. The van der Waals surface area contributed by atoms with Crippen molar-refractivity contribution in [1.29, 1.82) is 0 Å². The van der Waals surface area contributed by atoms with Crippen LogP contribution < -0.4 is 15.4 Å². The van der Waals surface area contributed by atoms with Crippen LogP contribution in [0.5, 0.6) is 5.75 Å². The second-order valence-corrected chi connectivity index (χ2v) is 4.44. The molecule has 1 aromatic heterocycles. The number of nitro benzene ring substituents is 1. The highest BCUT2D eigenvalue weighted by Crippen LogP contribution is 2.28. The van der Waals surface area contributed by atoms with Crippen molar-refractivity contribution in [3.63, 3.8) is 0 Å². The molecule has 2 N–H and O–H groups in total. The quantitative estimate of drug-likeness (QED) is 0.631. The topological polar surface area (TPSA) is 98.4 Å². The predicted molar refractivity (Wildman–Crippen MR) is 81.1 cm³/mol. The van der Waals surface area contributed by atoms with Crippen LogP contribution in [0.4, 0.5) is 16.2 Å². The van der Waals surface area contributed by atoms with Gasteiger partial charge in [-0.25, -0.2) is 4.79 Å². The second kappa shape index (κ2) is 7.11. The van der Waals surface area contributed by atoms with E-state index in [1.54, 1.807) is 0 Å². The molecule has 0 aliphatic heterocycles. The maximum atomic E-state index is 11.8. The summed E-state index contributed by atoms with van der Waals surface area (Å²) in [6.07, 6.45) is 3.80. The molecule has 0 saturated heterocycles. The summed E-state index contributed by atoms with van der Waals surface area (Å²) in [7, 11) is 1.38. The highest BCUT2D eigenvalue weighted by atomic mass is 16.6. The van der Waals surface area contributed by atoms with E-state index in [1.165, 1.54) is 25.3 Å². The summed E-state index contributed by atoms with van der Waals surface area (Å²) in [5, 5.41) is 16.0. The number of methoxy groups -OCH3 is 1. The van der Waals surface area contributed by atoms with Gasteiger partial charge in [0.25, 0.3) is 5.69 Å². The molecule has 8 heteroatoms. The van der Waals surface area contributed by atoms with Gasteiger partial charge in [-0.1, -0.05) is 0 Å². The van der Waals surface area contributed by atoms with Gasteiger partial charge in [0, 0.05) is 31.5 Å². The molecule has 116 valence electrons. The number of hydrogen-bond donors (Lipinski definition) is 2. The van der Waals surface area contributed by atoms with E-state index in [4.69, 9.17) is 4.74 Å². The summed E-state index contributed by atoms with van der Waals surface area (Å²) >= 11 is 0. The lowest BCUT2D eigenvalue weighted by Crippen LogP contribution is -2.31. The van der Waals surface area contributed by atoms with Crippen molar-refractivity contribution < 1.29 is 14.5 Å². The lowest BCUT2D eigenvalue weighted by Gasteiger charge is -2.11. The van der Waals surface area contributed by atoms with E-state index in [9.17, 15) is 14.9 Å². The van der Waals surface area contributed by atoms with Crippen LogP contribution in [-0.4, -0.2) is 29.2 Å². The molecule has 2 aromatic rings. The van der Waals surface area contributed by atoms with Crippen LogP contribution in [-0.2, 0) is 6.54 Å². The number of amides is 2. The van der Waals surface area contributed by atoms with Crippen molar-refractivity contribution in [3.8, 4) is 5.75 Å². The van der Waals surface area contributed by atoms with Crippen molar-refractivity contribution in [2.24, 2.45) is 0 Å². The number of carbonyl (C=O) groups is 1. The number of rotatable bonds is 6. The third kappa shape index (κ3) is 3.98. The lowest BCUT2D eigenvalue weighted by atomic mass is 10.2. The van der Waals surface area contributed by atoms with Crippen molar-refractivity contribution in [2.75, 3.05) is 19.0 Å². The second-order valence-electron chi connectivity index (χ2n) is 4.44. The highest BCUT2D eigenvalue weighted by Gasteiger charge is 2.13. The Labute approximate surface area is 126 Å². The fraction of sp³-hybridized carbons (Fsp3) is 0.214. The fourth-order valence-corrected chi connectivity index (χ4v) is 1.88. The number of hydrogen-bond acceptors (Lipinski definition) is 4. The molecule has 0 aliphatic carbocycles. The zero-order valence-electron chi connectivity index (χ0n) is 12.0. The Morgan fingerprint density at radius 3 is 2.73 bits per heavy atom. The van der Waals surface area contributed by atoms with Gasteiger partial charge in [-0.3, -0.25) is 10.1 Å². The number of aromatic nitrogens is 1. The Bertz CT molecular complexity index is 655. The monoisotopic (exact) mass is 304 g/mol. The molecule has 0 unspecified atom stereocenters. The first-order valence-corrected chi connectivity index (χ1v) is 6.58. The molecule has 0 radical (unpaired) electrons. The average molecular weight is 304 g/mol. The van der Waals surface area contributed by atoms with Crippen molar-refractivity contribution in [1.82, 2.24) is 9.88 Å². The maximum absolute atomic E-state index is 11.8. The minimum atomic E-state index is -0.524. The van der Waals surface area contributed by atoms with E-state index >= 15 is 0 Å². The van der Waals surface area contributed by atoms with Gasteiger partial charge in [0.2, 0.25) is 0 Å². The van der Waals surface area contributed by atoms with Crippen LogP contribution in [0.15, 0.2) is 42.7 Å². The Kier molecular flexibility index (Phi) is 4.97. The molecule has 0 saturated carbocycles. The Balaban J connectivity index is 1.91. The normalized spacial score (nSPS) is 10.0. The number of nitrogens with one attached hydrogen (secondary N) is 2. The van der Waals surface area contributed by atoms with E-state index in [-0.39, 0.29) is 11.4 Å². The summed E-state index contributed by atoms with van der Waals surface area (Å²) in [5.74, 6) is 0.231. The summed E-state index contributed by atoms with van der Waals surface area (Å²) in [5.41, 5.74) is 0.266. The summed E-state index contributed by atoms with van der Waals surface area (Å²) in [6, 6.07) is 7.40. The number of non-ortho nitro benzene ring substituents is 1. The SMILES string of the molecule is COc1cc([N+](=O)[O-])ccc1NC(=O)NCCn1cccc1. The largest absolute Gasteiger partial charge is 0.494 e. The Morgan fingerprint density at radius 1 is 1.36 bits per heavy atom. The molecule has 0 aliphatic rings. The number of urea groups is 1. The van der Waals surface area contributed by atoms with Crippen molar-refractivity contribution >= 4 is 17.4 Å². The summed E-state index contributed by atoms with van der Waals surface area (Å²) in [4.78, 5) is 22.0. The molecular formula is C14H16N4O4. The van der Waals surface area contributed by atoms with Crippen molar-refractivity contribution in [2.45, 2.75) is 6.54 Å². The standard InChI is InChI=1S/C14H16N4O4/c1-22-13-10-11(18(20)21)4-5-12(13)16-14(19)15-6-9-17-7-2-3-8-17/h2-5,7-8,10H,6,9H2,1H3,(H2,15,16,19). The van der Waals surface area contributed by atoms with Crippen LogP contribution in [0.25, 0.3) is 0 Å². The number of carbonyl (C=O) groups excluding carboxylic acids is 1.